The van der Waals surface area contributed by atoms with Crippen LogP contribution in [0.4, 0.5) is 9.93 Å². The molecule has 1 atom stereocenters. The maximum Gasteiger partial charge on any atom is 0.282 e. The van der Waals surface area contributed by atoms with Crippen LogP contribution in [0, 0.1) is 0 Å². The third-order valence-electron chi connectivity index (χ3n) is 4.32. The zero-order chi connectivity index (χ0) is 17.8. The number of carbonyl (C=O) groups excluding carboxylic acids is 2. The summed E-state index contributed by atoms with van der Waals surface area (Å²) in [6.07, 6.45) is 1.12. The van der Waals surface area contributed by atoms with Crippen molar-refractivity contribution in [2.75, 3.05) is 24.2 Å². The number of hydrogen-bond acceptors (Lipinski definition) is 5. The lowest BCUT2D eigenvalue weighted by atomic mass is 9.97. The summed E-state index contributed by atoms with van der Waals surface area (Å²) in [5.74, 6) is 1.09. The SMILES string of the molecule is CC[C@@H](C)c1ccc(-c2csc(NC(=O)CN3CCSC3=O)n2)cc1. The smallest absolute Gasteiger partial charge is 0.282 e. The Bertz CT molecular complexity index is 758. The third kappa shape index (κ3) is 4.41. The molecule has 1 aromatic carbocycles. The van der Waals surface area contributed by atoms with Gasteiger partial charge in [0.05, 0.1) is 5.69 Å². The number of aromatic nitrogens is 1. The molecule has 1 N–H and O–H groups in total. The van der Waals surface area contributed by atoms with Crippen molar-refractivity contribution in [2.45, 2.75) is 26.2 Å². The number of nitrogens with zero attached hydrogens (tertiary/aromatic N) is 2. The normalized spacial score (nSPS) is 15.4. The minimum absolute atomic E-state index is 0.0311. The van der Waals surface area contributed by atoms with Crippen LogP contribution in [0.25, 0.3) is 11.3 Å². The fraction of sp³-hybridized carbons (Fsp3) is 0.389. The Kier molecular flexibility index (Phi) is 5.75. The molecular formula is C18H21N3O2S2. The van der Waals surface area contributed by atoms with Gasteiger partial charge < -0.3 is 10.2 Å². The summed E-state index contributed by atoms with van der Waals surface area (Å²) in [6.45, 7) is 5.12. The molecule has 3 rings (SSSR count). The van der Waals surface area contributed by atoms with Crippen molar-refractivity contribution in [1.82, 2.24) is 9.88 Å². The van der Waals surface area contributed by atoms with Gasteiger partial charge in [-0.15, -0.1) is 11.3 Å². The number of thioether (sulfide) groups is 1. The van der Waals surface area contributed by atoms with Crippen molar-refractivity contribution in [3.63, 3.8) is 0 Å². The van der Waals surface area contributed by atoms with E-state index in [-0.39, 0.29) is 17.7 Å². The molecule has 2 heterocycles. The van der Waals surface area contributed by atoms with E-state index in [1.807, 2.05) is 5.38 Å². The van der Waals surface area contributed by atoms with E-state index in [1.165, 1.54) is 28.7 Å². The summed E-state index contributed by atoms with van der Waals surface area (Å²) in [5, 5.41) is 5.25. The number of benzene rings is 1. The maximum absolute atomic E-state index is 12.1. The molecule has 0 aliphatic carbocycles. The summed E-state index contributed by atoms with van der Waals surface area (Å²) in [6, 6.07) is 8.42. The van der Waals surface area contributed by atoms with Gasteiger partial charge in [0.2, 0.25) is 5.91 Å². The number of carbonyl (C=O) groups is 2. The molecule has 1 saturated heterocycles. The van der Waals surface area contributed by atoms with E-state index in [0.717, 1.165) is 23.4 Å². The molecule has 1 aliphatic rings. The average molecular weight is 376 g/mol. The predicted octanol–water partition coefficient (Wildman–Crippen LogP) is 4.43. The maximum atomic E-state index is 12.1. The molecule has 1 aromatic heterocycles. The van der Waals surface area contributed by atoms with Crippen molar-refractivity contribution in [1.29, 1.82) is 0 Å². The molecule has 1 fully saturated rings. The predicted molar refractivity (Wildman–Crippen MR) is 104 cm³/mol. The number of thiazole rings is 1. The first-order chi connectivity index (χ1) is 12.1. The van der Waals surface area contributed by atoms with Crippen LogP contribution >= 0.6 is 23.1 Å². The van der Waals surface area contributed by atoms with Gasteiger partial charge in [-0.3, -0.25) is 9.59 Å². The van der Waals surface area contributed by atoms with E-state index in [0.29, 0.717) is 17.6 Å². The Morgan fingerprint density at radius 2 is 2.12 bits per heavy atom. The molecule has 5 nitrogen and oxygen atoms in total. The van der Waals surface area contributed by atoms with Crippen LogP contribution in [0.5, 0.6) is 0 Å². The number of rotatable bonds is 6. The summed E-state index contributed by atoms with van der Waals surface area (Å²) in [7, 11) is 0. The Balaban J connectivity index is 1.62. The molecular weight excluding hydrogens is 354 g/mol. The summed E-state index contributed by atoms with van der Waals surface area (Å²) >= 11 is 2.65. The molecule has 0 radical (unpaired) electrons. The second kappa shape index (κ2) is 8.01. The van der Waals surface area contributed by atoms with E-state index in [1.54, 1.807) is 4.90 Å². The second-order valence-corrected chi connectivity index (χ2v) is 7.96. The lowest BCUT2D eigenvalue weighted by molar-refractivity contribution is -0.116. The lowest BCUT2D eigenvalue weighted by Crippen LogP contribution is -2.33. The van der Waals surface area contributed by atoms with Crippen LogP contribution in [0.15, 0.2) is 29.6 Å². The summed E-state index contributed by atoms with van der Waals surface area (Å²) in [5.41, 5.74) is 3.21. The third-order valence-corrected chi connectivity index (χ3v) is 5.97. The lowest BCUT2D eigenvalue weighted by Gasteiger charge is -2.12. The first-order valence-corrected chi connectivity index (χ1v) is 10.2. The number of nitrogens with one attached hydrogen (secondary N) is 1. The molecule has 132 valence electrons. The summed E-state index contributed by atoms with van der Waals surface area (Å²) in [4.78, 5) is 29.7. The van der Waals surface area contributed by atoms with Crippen molar-refractivity contribution in [3.05, 3.63) is 35.2 Å². The monoisotopic (exact) mass is 375 g/mol. The zero-order valence-electron chi connectivity index (χ0n) is 14.3. The highest BCUT2D eigenvalue weighted by Gasteiger charge is 2.23. The second-order valence-electron chi connectivity index (χ2n) is 6.05. The molecule has 2 amide bonds. The van der Waals surface area contributed by atoms with Crippen LogP contribution in [0.2, 0.25) is 0 Å². The first-order valence-electron chi connectivity index (χ1n) is 8.34. The quantitative estimate of drug-likeness (QED) is 0.811. The van der Waals surface area contributed by atoms with Gasteiger partial charge in [0.1, 0.15) is 6.54 Å². The Morgan fingerprint density at radius 1 is 1.36 bits per heavy atom. The molecule has 7 heteroatoms. The van der Waals surface area contributed by atoms with Gasteiger partial charge in [-0.25, -0.2) is 4.98 Å². The first kappa shape index (κ1) is 17.9. The fourth-order valence-corrected chi connectivity index (χ4v) is 4.14. The number of anilines is 1. The van der Waals surface area contributed by atoms with E-state index >= 15 is 0 Å². The van der Waals surface area contributed by atoms with Crippen LogP contribution in [-0.2, 0) is 4.79 Å². The molecule has 0 unspecified atom stereocenters. The van der Waals surface area contributed by atoms with E-state index in [4.69, 9.17) is 0 Å². The van der Waals surface area contributed by atoms with E-state index < -0.39 is 0 Å². The van der Waals surface area contributed by atoms with Crippen molar-refractivity contribution < 1.29 is 9.59 Å². The number of amides is 2. The molecule has 0 bridgehead atoms. The topological polar surface area (TPSA) is 62.3 Å². The van der Waals surface area contributed by atoms with Gasteiger partial charge in [0.25, 0.3) is 5.24 Å². The van der Waals surface area contributed by atoms with Gasteiger partial charge in [-0.1, -0.05) is 49.9 Å². The van der Waals surface area contributed by atoms with Gasteiger partial charge in [0.15, 0.2) is 5.13 Å². The molecule has 1 aliphatic heterocycles. The molecule has 0 spiro atoms. The fourth-order valence-electron chi connectivity index (χ4n) is 2.58. The molecule has 2 aromatic rings. The van der Waals surface area contributed by atoms with Crippen LogP contribution in [-0.4, -0.2) is 39.9 Å². The van der Waals surface area contributed by atoms with Gasteiger partial charge >= 0.3 is 0 Å². The highest BCUT2D eigenvalue weighted by molar-refractivity contribution is 8.13. The van der Waals surface area contributed by atoms with Gasteiger partial charge in [0, 0.05) is 23.2 Å². The molecule has 0 saturated carbocycles. The van der Waals surface area contributed by atoms with Crippen LogP contribution in [0.1, 0.15) is 31.7 Å². The van der Waals surface area contributed by atoms with Gasteiger partial charge in [-0.05, 0) is 17.9 Å². The van der Waals surface area contributed by atoms with Gasteiger partial charge in [-0.2, -0.15) is 0 Å². The Hall–Kier alpha value is -1.86. The summed E-state index contributed by atoms with van der Waals surface area (Å²) < 4.78 is 0. The Labute approximate surface area is 155 Å². The highest BCUT2D eigenvalue weighted by Crippen LogP contribution is 2.27. The van der Waals surface area contributed by atoms with E-state index in [2.05, 4.69) is 48.4 Å². The Morgan fingerprint density at radius 3 is 2.76 bits per heavy atom. The highest BCUT2D eigenvalue weighted by atomic mass is 32.2. The van der Waals surface area contributed by atoms with Crippen LogP contribution in [0.3, 0.4) is 0 Å². The number of hydrogen-bond donors (Lipinski definition) is 1. The largest absolute Gasteiger partial charge is 0.323 e. The molecule has 25 heavy (non-hydrogen) atoms. The van der Waals surface area contributed by atoms with E-state index in [9.17, 15) is 9.59 Å². The van der Waals surface area contributed by atoms with Crippen molar-refractivity contribution >= 4 is 39.4 Å². The zero-order valence-corrected chi connectivity index (χ0v) is 16.0. The van der Waals surface area contributed by atoms with Crippen LogP contribution < -0.4 is 5.32 Å². The minimum Gasteiger partial charge on any atom is -0.323 e. The average Bonchev–Trinajstić information content (AvgIpc) is 3.24. The standard InChI is InChI=1S/C18H21N3O2S2/c1-3-12(2)13-4-6-14(7-5-13)15-11-25-17(19-15)20-16(22)10-21-8-9-24-18(21)23/h4-7,11-12H,3,8-10H2,1-2H3,(H,19,20,22)/t12-/m1/s1. The minimum atomic E-state index is -0.205. The van der Waals surface area contributed by atoms with Crippen molar-refractivity contribution in [3.8, 4) is 11.3 Å². The van der Waals surface area contributed by atoms with Crippen molar-refractivity contribution in [2.24, 2.45) is 0 Å².